The number of hydrogen-bond acceptors (Lipinski definition) is 3. The van der Waals surface area contributed by atoms with Crippen molar-refractivity contribution in [3.8, 4) is 5.75 Å². The molecule has 0 heterocycles. The molecule has 3 N–H and O–H groups in total. The summed E-state index contributed by atoms with van der Waals surface area (Å²) in [6.07, 6.45) is 0. The van der Waals surface area contributed by atoms with Crippen molar-refractivity contribution in [1.29, 1.82) is 0 Å². The van der Waals surface area contributed by atoms with Crippen molar-refractivity contribution in [2.75, 3.05) is 5.32 Å². The molecule has 110 valence electrons. The van der Waals surface area contributed by atoms with Gasteiger partial charge in [0.15, 0.2) is 0 Å². The fourth-order valence-corrected chi connectivity index (χ4v) is 2.15. The van der Waals surface area contributed by atoms with E-state index in [9.17, 15) is 18.7 Å². The van der Waals surface area contributed by atoms with Crippen molar-refractivity contribution in [2.45, 2.75) is 6.54 Å². The lowest BCUT2D eigenvalue weighted by Gasteiger charge is -2.11. The maximum absolute atomic E-state index is 13.6. The van der Waals surface area contributed by atoms with Crippen molar-refractivity contribution in [2.24, 2.45) is 0 Å². The van der Waals surface area contributed by atoms with Gasteiger partial charge in [-0.3, -0.25) is 0 Å². The molecule has 0 saturated carbocycles. The Morgan fingerprint density at radius 2 is 1.95 bits per heavy atom. The average Bonchev–Trinajstić information content (AvgIpc) is 2.41. The standard InChI is InChI=1S/C14H10BrF2NO3/c15-9-3-1-2-7(13(9)19)6-18-12-4-8(14(20)21)10(16)5-11(12)17/h1-5,18-19H,6H2,(H,20,21). The summed E-state index contributed by atoms with van der Waals surface area (Å²) in [6, 6.07) is 6.32. The first-order valence-electron chi connectivity index (χ1n) is 5.82. The van der Waals surface area contributed by atoms with Gasteiger partial charge < -0.3 is 15.5 Å². The highest BCUT2D eigenvalue weighted by molar-refractivity contribution is 9.10. The number of para-hydroxylation sites is 1. The van der Waals surface area contributed by atoms with Crippen molar-refractivity contribution < 1.29 is 23.8 Å². The van der Waals surface area contributed by atoms with Gasteiger partial charge in [0, 0.05) is 18.2 Å². The first-order chi connectivity index (χ1) is 9.90. The van der Waals surface area contributed by atoms with Gasteiger partial charge in [0.25, 0.3) is 0 Å². The lowest BCUT2D eigenvalue weighted by atomic mass is 10.1. The molecule has 7 heteroatoms. The van der Waals surface area contributed by atoms with E-state index in [1.807, 2.05) is 0 Å². The number of halogens is 3. The number of carbonyl (C=O) groups is 1. The normalized spacial score (nSPS) is 10.4. The van der Waals surface area contributed by atoms with Gasteiger partial charge in [-0.2, -0.15) is 0 Å². The van der Waals surface area contributed by atoms with Crippen LogP contribution >= 0.6 is 15.9 Å². The number of rotatable bonds is 4. The number of anilines is 1. The second-order valence-electron chi connectivity index (χ2n) is 4.22. The van der Waals surface area contributed by atoms with Gasteiger partial charge in [-0.15, -0.1) is 0 Å². The molecule has 0 amide bonds. The van der Waals surface area contributed by atoms with Crippen LogP contribution < -0.4 is 5.32 Å². The van der Waals surface area contributed by atoms with Crippen LogP contribution in [0.2, 0.25) is 0 Å². The maximum Gasteiger partial charge on any atom is 0.338 e. The summed E-state index contributed by atoms with van der Waals surface area (Å²) < 4.78 is 27.4. The Hall–Kier alpha value is -2.15. The lowest BCUT2D eigenvalue weighted by molar-refractivity contribution is 0.0692. The Balaban J connectivity index is 2.26. The van der Waals surface area contributed by atoms with E-state index in [-0.39, 0.29) is 18.0 Å². The predicted molar refractivity (Wildman–Crippen MR) is 76.5 cm³/mol. The molecule has 0 radical (unpaired) electrons. The van der Waals surface area contributed by atoms with Crippen LogP contribution in [0.4, 0.5) is 14.5 Å². The van der Waals surface area contributed by atoms with Crippen molar-refractivity contribution in [3.05, 3.63) is 57.6 Å². The van der Waals surface area contributed by atoms with Gasteiger partial charge in [0.1, 0.15) is 17.4 Å². The van der Waals surface area contributed by atoms with Crippen LogP contribution in [0.3, 0.4) is 0 Å². The second kappa shape index (κ2) is 6.09. The molecule has 0 aliphatic rings. The van der Waals surface area contributed by atoms with Gasteiger partial charge >= 0.3 is 5.97 Å². The lowest BCUT2D eigenvalue weighted by Crippen LogP contribution is -2.07. The number of aromatic carboxylic acids is 1. The highest BCUT2D eigenvalue weighted by Crippen LogP contribution is 2.28. The number of phenols is 1. The van der Waals surface area contributed by atoms with Crippen molar-refractivity contribution in [1.82, 2.24) is 0 Å². The third-order valence-electron chi connectivity index (χ3n) is 2.83. The first kappa shape index (κ1) is 15.2. The van der Waals surface area contributed by atoms with Crippen LogP contribution in [-0.2, 0) is 6.54 Å². The van der Waals surface area contributed by atoms with E-state index in [1.165, 1.54) is 0 Å². The molecular formula is C14H10BrF2NO3. The molecular weight excluding hydrogens is 348 g/mol. The zero-order valence-corrected chi connectivity index (χ0v) is 12.1. The molecule has 2 aromatic rings. The number of nitrogens with one attached hydrogen (secondary N) is 1. The number of carboxylic acids is 1. The summed E-state index contributed by atoms with van der Waals surface area (Å²) in [6.45, 7) is 0.0485. The third kappa shape index (κ3) is 3.30. The minimum atomic E-state index is -1.49. The van der Waals surface area contributed by atoms with Gasteiger partial charge in [-0.1, -0.05) is 12.1 Å². The zero-order valence-electron chi connectivity index (χ0n) is 10.5. The molecule has 0 atom stereocenters. The Labute approximate surface area is 127 Å². The van der Waals surface area contributed by atoms with Crippen LogP contribution in [0.1, 0.15) is 15.9 Å². The molecule has 0 spiro atoms. The Kier molecular flexibility index (Phi) is 4.42. The van der Waals surface area contributed by atoms with Crippen LogP contribution in [0.5, 0.6) is 5.75 Å². The van der Waals surface area contributed by atoms with E-state index in [4.69, 9.17) is 5.11 Å². The molecule has 2 rings (SSSR count). The number of hydrogen-bond donors (Lipinski definition) is 3. The van der Waals surface area contributed by atoms with Crippen molar-refractivity contribution >= 4 is 27.6 Å². The Bertz CT molecular complexity index is 707. The largest absolute Gasteiger partial charge is 0.506 e. The topological polar surface area (TPSA) is 69.6 Å². The molecule has 0 aromatic heterocycles. The van der Waals surface area contributed by atoms with E-state index in [0.29, 0.717) is 16.1 Å². The fraction of sp³-hybridized carbons (Fsp3) is 0.0714. The summed E-state index contributed by atoms with van der Waals surface area (Å²) in [5.41, 5.74) is -0.310. The van der Waals surface area contributed by atoms with Crippen molar-refractivity contribution in [3.63, 3.8) is 0 Å². The SMILES string of the molecule is O=C(O)c1cc(NCc2cccc(Br)c2O)c(F)cc1F. The van der Waals surface area contributed by atoms with Crippen LogP contribution in [0.15, 0.2) is 34.8 Å². The summed E-state index contributed by atoms with van der Waals surface area (Å²) in [5, 5.41) is 21.2. The molecule has 0 fully saturated rings. The molecule has 0 unspecified atom stereocenters. The Morgan fingerprint density at radius 1 is 1.24 bits per heavy atom. The first-order valence-corrected chi connectivity index (χ1v) is 6.62. The van der Waals surface area contributed by atoms with E-state index in [0.717, 1.165) is 6.07 Å². The summed E-state index contributed by atoms with van der Waals surface area (Å²) in [7, 11) is 0. The van der Waals surface area contributed by atoms with Crippen LogP contribution in [0, 0.1) is 11.6 Å². The summed E-state index contributed by atoms with van der Waals surface area (Å²) in [5.74, 6) is -3.55. The maximum atomic E-state index is 13.6. The molecule has 4 nitrogen and oxygen atoms in total. The number of carboxylic acid groups (broad SMARTS) is 1. The summed E-state index contributed by atoms with van der Waals surface area (Å²) in [4.78, 5) is 10.8. The van der Waals surface area contributed by atoms with Gasteiger partial charge in [0.2, 0.25) is 0 Å². The molecule has 21 heavy (non-hydrogen) atoms. The molecule has 0 bridgehead atoms. The highest BCUT2D eigenvalue weighted by atomic mass is 79.9. The average molecular weight is 358 g/mol. The van der Waals surface area contributed by atoms with E-state index in [1.54, 1.807) is 18.2 Å². The minimum Gasteiger partial charge on any atom is -0.506 e. The third-order valence-corrected chi connectivity index (χ3v) is 3.47. The minimum absolute atomic E-state index is 0.00835. The predicted octanol–water partition coefficient (Wildman–Crippen LogP) is 3.74. The van der Waals surface area contributed by atoms with E-state index >= 15 is 0 Å². The molecule has 0 aliphatic heterocycles. The molecule has 2 aromatic carbocycles. The van der Waals surface area contributed by atoms with Crippen LogP contribution in [-0.4, -0.2) is 16.2 Å². The monoisotopic (exact) mass is 357 g/mol. The van der Waals surface area contributed by atoms with Gasteiger partial charge in [-0.25, -0.2) is 13.6 Å². The smallest absolute Gasteiger partial charge is 0.338 e. The van der Waals surface area contributed by atoms with Gasteiger partial charge in [-0.05, 0) is 28.1 Å². The quantitative estimate of drug-likeness (QED) is 0.779. The fourth-order valence-electron chi connectivity index (χ4n) is 1.74. The number of phenolic OH excluding ortho intramolecular Hbond substituents is 1. The van der Waals surface area contributed by atoms with Gasteiger partial charge in [0.05, 0.1) is 15.7 Å². The second-order valence-corrected chi connectivity index (χ2v) is 5.07. The van der Waals surface area contributed by atoms with Crippen LogP contribution in [0.25, 0.3) is 0 Å². The summed E-state index contributed by atoms with van der Waals surface area (Å²) >= 11 is 3.15. The number of aromatic hydroxyl groups is 1. The molecule has 0 aliphatic carbocycles. The Morgan fingerprint density at radius 3 is 2.62 bits per heavy atom. The van der Waals surface area contributed by atoms with E-state index in [2.05, 4.69) is 21.2 Å². The number of benzene rings is 2. The molecule has 0 saturated heterocycles. The highest BCUT2D eigenvalue weighted by Gasteiger charge is 2.15. The zero-order chi connectivity index (χ0) is 15.6. The van der Waals surface area contributed by atoms with E-state index < -0.39 is 23.2 Å².